The normalized spacial score (nSPS) is 37.1. The van der Waals surface area contributed by atoms with E-state index in [0.717, 1.165) is 17.6 Å². The second-order valence-electron chi connectivity index (χ2n) is 9.42. The molecule has 0 saturated carbocycles. The minimum Gasteiger partial charge on any atom is -0.460 e. The highest BCUT2D eigenvalue weighted by atomic mass is 16.8. The van der Waals surface area contributed by atoms with Crippen molar-refractivity contribution in [3.8, 4) is 0 Å². The Bertz CT molecular complexity index is 696. The van der Waals surface area contributed by atoms with Gasteiger partial charge < -0.3 is 18.7 Å². The molecule has 0 unspecified atom stereocenters. The van der Waals surface area contributed by atoms with Crippen LogP contribution in [0.15, 0.2) is 30.3 Å². The van der Waals surface area contributed by atoms with Crippen LogP contribution in [0.3, 0.4) is 0 Å². The Labute approximate surface area is 155 Å². The monoisotopic (exact) mass is 360 g/mol. The highest BCUT2D eigenvalue weighted by Crippen LogP contribution is 2.55. The van der Waals surface area contributed by atoms with Crippen LogP contribution in [0.2, 0.25) is 0 Å². The van der Waals surface area contributed by atoms with Crippen molar-refractivity contribution >= 4 is 5.97 Å². The number of quaternary nitrogens is 1. The number of ether oxygens (including phenoxy) is 3. The van der Waals surface area contributed by atoms with Crippen LogP contribution in [-0.2, 0) is 25.5 Å². The summed E-state index contributed by atoms with van der Waals surface area (Å²) in [5.41, 5.74) is 0.827. The first-order chi connectivity index (χ1) is 12.1. The van der Waals surface area contributed by atoms with Crippen LogP contribution in [0, 0.1) is 0 Å². The Morgan fingerprint density at radius 2 is 1.85 bits per heavy atom. The molecule has 4 rings (SSSR count). The lowest BCUT2D eigenvalue weighted by Gasteiger charge is -2.30. The van der Waals surface area contributed by atoms with Gasteiger partial charge in [0.1, 0.15) is 37.3 Å². The third kappa shape index (κ3) is 3.17. The molecule has 3 aliphatic heterocycles. The fraction of sp³-hybridized carbons (Fsp3) is 0.667. The third-order valence-corrected chi connectivity index (χ3v) is 5.75. The van der Waals surface area contributed by atoms with Crippen LogP contribution in [-0.4, -0.2) is 52.7 Å². The maximum atomic E-state index is 12.6. The van der Waals surface area contributed by atoms with Crippen LogP contribution in [0.1, 0.15) is 46.6 Å². The zero-order valence-corrected chi connectivity index (χ0v) is 16.4. The van der Waals surface area contributed by atoms with Gasteiger partial charge in [0.2, 0.25) is 0 Å². The molecule has 1 aromatic carbocycles. The molecule has 0 amide bonds. The van der Waals surface area contributed by atoms with E-state index >= 15 is 0 Å². The Balaban J connectivity index is 1.57. The summed E-state index contributed by atoms with van der Waals surface area (Å²) in [6.45, 7) is 11.6. The number of piperidine rings is 1. The molecule has 3 aliphatic rings. The van der Waals surface area contributed by atoms with Gasteiger partial charge in [0.05, 0.1) is 0 Å². The van der Waals surface area contributed by atoms with Gasteiger partial charge in [0, 0.05) is 5.56 Å². The number of rotatable bonds is 4. The molecule has 3 saturated heterocycles. The molecule has 26 heavy (non-hydrogen) atoms. The van der Waals surface area contributed by atoms with Gasteiger partial charge in [-0.1, -0.05) is 30.3 Å². The Hall–Kier alpha value is -1.43. The number of fused-ring (bicyclic) bond motifs is 3. The first-order valence-electron chi connectivity index (χ1n) is 9.58. The summed E-state index contributed by atoms with van der Waals surface area (Å²) in [5.74, 6) is -0.722. The minimum absolute atomic E-state index is 0.0417. The van der Waals surface area contributed by atoms with Crippen molar-refractivity contribution in [2.24, 2.45) is 0 Å². The number of nitrogens with zero attached hydrogens (tertiary/aromatic N) is 1. The van der Waals surface area contributed by atoms with Gasteiger partial charge in [-0.25, -0.2) is 0 Å². The second-order valence-corrected chi connectivity index (χ2v) is 9.42. The average molecular weight is 360 g/mol. The van der Waals surface area contributed by atoms with E-state index in [0.29, 0.717) is 12.5 Å². The standard InChI is InChI=1S/C21H30NO4/c1-20(2,3)24-17(23)11-15-18-19(26-21(4,5)25-18)16-13-22(15,16)12-14-9-7-6-8-10-14/h6-10,15-16,18-19H,11-13H2,1-5H3/q+1/t15-,16+,18-,19+,22-/m0/s1. The minimum atomic E-state index is -0.576. The summed E-state index contributed by atoms with van der Waals surface area (Å²) in [7, 11) is 0. The van der Waals surface area contributed by atoms with Crippen LogP contribution in [0.5, 0.6) is 0 Å². The van der Waals surface area contributed by atoms with Crippen molar-refractivity contribution in [3.05, 3.63) is 35.9 Å². The lowest BCUT2D eigenvalue weighted by molar-refractivity contribution is -0.847. The molecule has 3 heterocycles. The van der Waals surface area contributed by atoms with Crippen LogP contribution in [0.25, 0.3) is 0 Å². The second kappa shape index (κ2) is 5.78. The number of hydrogen-bond donors (Lipinski definition) is 0. The summed E-state index contributed by atoms with van der Waals surface area (Å²) in [6, 6.07) is 11.0. The average Bonchev–Trinajstić information content (AvgIpc) is 3.06. The molecule has 142 valence electrons. The number of hydrogen-bond acceptors (Lipinski definition) is 4. The zero-order valence-electron chi connectivity index (χ0n) is 16.4. The first-order valence-corrected chi connectivity index (χ1v) is 9.58. The van der Waals surface area contributed by atoms with Gasteiger partial charge in [0.15, 0.2) is 17.9 Å². The van der Waals surface area contributed by atoms with E-state index in [1.165, 1.54) is 5.56 Å². The highest BCUT2D eigenvalue weighted by molar-refractivity contribution is 5.70. The Morgan fingerprint density at radius 3 is 2.50 bits per heavy atom. The van der Waals surface area contributed by atoms with Gasteiger partial charge in [-0.05, 0) is 34.6 Å². The van der Waals surface area contributed by atoms with E-state index in [1.54, 1.807) is 0 Å². The lowest BCUT2D eigenvalue weighted by atomic mass is 10.0. The van der Waals surface area contributed by atoms with Gasteiger partial charge in [0.25, 0.3) is 0 Å². The summed E-state index contributed by atoms with van der Waals surface area (Å²) in [5, 5.41) is 0. The topological polar surface area (TPSA) is 44.8 Å². The van der Waals surface area contributed by atoms with E-state index in [4.69, 9.17) is 14.2 Å². The number of carbonyl (C=O) groups is 1. The number of carbonyl (C=O) groups excluding carboxylic acids is 1. The van der Waals surface area contributed by atoms with Crippen molar-refractivity contribution in [3.63, 3.8) is 0 Å². The van der Waals surface area contributed by atoms with Gasteiger partial charge in [-0.3, -0.25) is 4.79 Å². The quantitative estimate of drug-likeness (QED) is 0.470. The van der Waals surface area contributed by atoms with Crippen LogP contribution < -0.4 is 0 Å². The number of benzene rings is 1. The summed E-state index contributed by atoms with van der Waals surface area (Å²) < 4.78 is 18.9. The highest BCUT2D eigenvalue weighted by Gasteiger charge is 2.77. The molecule has 0 bridgehead atoms. The molecule has 1 aromatic rings. The van der Waals surface area contributed by atoms with Crippen molar-refractivity contribution in [1.82, 2.24) is 0 Å². The lowest BCUT2D eigenvalue weighted by Crippen LogP contribution is -2.46. The molecule has 0 spiro atoms. The SMILES string of the molecule is CC(C)(C)OC(=O)C[C@H]1[C@@H]2OC(C)(C)O[C@@H]2[C@H]2C[N@+]21Cc1ccccc1. The van der Waals surface area contributed by atoms with Crippen molar-refractivity contribution in [1.29, 1.82) is 0 Å². The zero-order chi connectivity index (χ0) is 18.7. The molecule has 5 heteroatoms. The van der Waals surface area contributed by atoms with Crippen molar-refractivity contribution < 1.29 is 23.5 Å². The summed E-state index contributed by atoms with van der Waals surface area (Å²) >= 11 is 0. The fourth-order valence-electron chi connectivity index (χ4n) is 4.86. The molecule has 0 radical (unpaired) electrons. The molecular weight excluding hydrogens is 330 g/mol. The summed E-state index contributed by atoms with van der Waals surface area (Å²) in [4.78, 5) is 12.6. The predicted octanol–water partition coefficient (Wildman–Crippen LogP) is 3.02. The van der Waals surface area contributed by atoms with Crippen molar-refractivity contribution in [2.75, 3.05) is 6.54 Å². The molecule has 0 N–H and O–H groups in total. The molecule has 3 fully saturated rings. The van der Waals surface area contributed by atoms with E-state index < -0.39 is 11.4 Å². The summed E-state index contributed by atoms with van der Waals surface area (Å²) in [6.07, 6.45) is 0.405. The van der Waals surface area contributed by atoms with Gasteiger partial charge in [-0.2, -0.15) is 0 Å². The fourth-order valence-corrected chi connectivity index (χ4v) is 4.86. The predicted molar refractivity (Wildman–Crippen MR) is 97.1 cm³/mol. The first kappa shape index (κ1) is 18.0. The maximum Gasteiger partial charge on any atom is 0.312 e. The molecular formula is C21H30NO4+. The Morgan fingerprint density at radius 1 is 1.19 bits per heavy atom. The largest absolute Gasteiger partial charge is 0.460 e. The Kier molecular flexibility index (Phi) is 3.99. The van der Waals surface area contributed by atoms with E-state index in [-0.39, 0.29) is 24.2 Å². The third-order valence-electron chi connectivity index (χ3n) is 5.75. The van der Waals surface area contributed by atoms with Crippen LogP contribution in [0.4, 0.5) is 0 Å². The van der Waals surface area contributed by atoms with E-state index in [1.807, 2.05) is 40.7 Å². The van der Waals surface area contributed by atoms with E-state index in [9.17, 15) is 4.79 Å². The van der Waals surface area contributed by atoms with Crippen molar-refractivity contribution in [2.45, 2.75) is 83.3 Å². The van der Waals surface area contributed by atoms with E-state index in [2.05, 4.69) is 24.3 Å². The molecule has 0 aliphatic carbocycles. The maximum absolute atomic E-state index is 12.6. The van der Waals surface area contributed by atoms with Crippen LogP contribution >= 0.6 is 0 Å². The molecule has 0 aromatic heterocycles. The number of esters is 1. The molecule has 5 nitrogen and oxygen atoms in total. The smallest absolute Gasteiger partial charge is 0.312 e. The molecule has 5 atom stereocenters. The van der Waals surface area contributed by atoms with Gasteiger partial charge in [-0.15, -0.1) is 0 Å². The van der Waals surface area contributed by atoms with Gasteiger partial charge >= 0.3 is 5.97 Å².